The lowest BCUT2D eigenvalue weighted by molar-refractivity contribution is -0.117. The molecule has 146 valence electrons. The Bertz CT molecular complexity index is 570. The fourth-order valence-corrected chi connectivity index (χ4v) is 2.64. The molecule has 26 heavy (non-hydrogen) atoms. The summed E-state index contributed by atoms with van der Waals surface area (Å²) in [4.78, 5) is 27.1. The van der Waals surface area contributed by atoms with E-state index >= 15 is 0 Å². The van der Waals surface area contributed by atoms with E-state index in [9.17, 15) is 9.59 Å². The summed E-state index contributed by atoms with van der Waals surface area (Å²) in [5.41, 5.74) is 1.07. The first-order valence-electron chi connectivity index (χ1n) is 9.76. The quantitative estimate of drug-likeness (QED) is 0.587. The number of amides is 2. The molecule has 0 heterocycles. The monoisotopic (exact) mass is 361 g/mol. The Morgan fingerprint density at radius 3 is 2.38 bits per heavy atom. The van der Waals surface area contributed by atoms with Gasteiger partial charge in [-0.3, -0.25) is 14.5 Å². The molecule has 0 saturated heterocycles. The van der Waals surface area contributed by atoms with Crippen molar-refractivity contribution in [3.63, 3.8) is 0 Å². The number of carbonyl (C=O) groups excluding carboxylic acids is 2. The second-order valence-corrected chi connectivity index (χ2v) is 7.47. The van der Waals surface area contributed by atoms with E-state index in [0.29, 0.717) is 36.3 Å². The van der Waals surface area contributed by atoms with Crippen LogP contribution in [0.15, 0.2) is 24.3 Å². The fraction of sp³-hybridized carbons (Fsp3) is 0.619. The van der Waals surface area contributed by atoms with E-state index in [4.69, 9.17) is 0 Å². The third-order valence-corrected chi connectivity index (χ3v) is 4.24. The molecule has 5 heteroatoms. The molecule has 0 saturated carbocycles. The molecule has 0 aliphatic rings. The van der Waals surface area contributed by atoms with Gasteiger partial charge in [-0.15, -0.1) is 0 Å². The maximum atomic E-state index is 12.5. The third-order valence-electron chi connectivity index (χ3n) is 4.24. The van der Waals surface area contributed by atoms with Crippen LogP contribution in [-0.4, -0.2) is 42.4 Å². The van der Waals surface area contributed by atoms with E-state index in [-0.39, 0.29) is 11.8 Å². The first-order chi connectivity index (χ1) is 12.3. The number of rotatable bonds is 11. The van der Waals surface area contributed by atoms with Crippen molar-refractivity contribution < 1.29 is 9.59 Å². The fourth-order valence-electron chi connectivity index (χ4n) is 2.64. The average Bonchev–Trinajstić information content (AvgIpc) is 2.59. The van der Waals surface area contributed by atoms with Gasteiger partial charge >= 0.3 is 0 Å². The van der Waals surface area contributed by atoms with Gasteiger partial charge in [0.2, 0.25) is 5.91 Å². The summed E-state index contributed by atoms with van der Waals surface area (Å²) in [6.07, 6.45) is 3.43. The molecule has 0 spiro atoms. The lowest BCUT2D eigenvalue weighted by Gasteiger charge is -2.26. The lowest BCUT2D eigenvalue weighted by atomic mass is 10.1. The van der Waals surface area contributed by atoms with Crippen LogP contribution in [0.1, 0.15) is 64.2 Å². The van der Waals surface area contributed by atoms with Gasteiger partial charge in [0.15, 0.2) is 0 Å². The molecule has 0 fully saturated rings. The predicted molar refractivity (Wildman–Crippen MR) is 108 cm³/mol. The Labute approximate surface area is 158 Å². The third kappa shape index (κ3) is 8.00. The average molecular weight is 362 g/mol. The smallest absolute Gasteiger partial charge is 0.253 e. The maximum Gasteiger partial charge on any atom is 0.253 e. The Kier molecular flexibility index (Phi) is 9.96. The zero-order valence-corrected chi connectivity index (χ0v) is 17.0. The van der Waals surface area contributed by atoms with Crippen LogP contribution < -0.4 is 10.6 Å². The molecule has 2 N–H and O–H groups in total. The molecule has 1 aromatic rings. The van der Waals surface area contributed by atoms with E-state index in [0.717, 1.165) is 19.4 Å². The summed E-state index contributed by atoms with van der Waals surface area (Å²) >= 11 is 0. The van der Waals surface area contributed by atoms with E-state index in [2.05, 4.69) is 36.3 Å². The standard InChI is InChI=1S/C21H35N3O2/c1-6-7-10-13-24(17(4)5)15-20(25)23-19-12-9-8-11-18(19)21(26)22-14-16(2)3/h8-9,11-12,16-17H,6-7,10,13-15H2,1-5H3,(H,22,26)(H,23,25). The summed E-state index contributed by atoms with van der Waals surface area (Å²) in [5.74, 6) is 0.140. The molecular formula is C21H35N3O2. The number of hydrogen-bond acceptors (Lipinski definition) is 3. The van der Waals surface area contributed by atoms with Gasteiger partial charge in [-0.05, 0) is 44.9 Å². The molecule has 1 rings (SSSR count). The zero-order chi connectivity index (χ0) is 19.5. The lowest BCUT2D eigenvalue weighted by Crippen LogP contribution is -2.39. The minimum Gasteiger partial charge on any atom is -0.352 e. The highest BCUT2D eigenvalue weighted by molar-refractivity contribution is 6.04. The van der Waals surface area contributed by atoms with Gasteiger partial charge in [0.25, 0.3) is 5.91 Å². The minimum atomic E-state index is -0.154. The van der Waals surface area contributed by atoms with Crippen LogP contribution in [0.4, 0.5) is 5.69 Å². The summed E-state index contributed by atoms with van der Waals surface area (Å²) in [7, 11) is 0. The molecule has 0 bridgehead atoms. The van der Waals surface area contributed by atoms with Crippen LogP contribution in [0, 0.1) is 5.92 Å². The van der Waals surface area contributed by atoms with Crippen LogP contribution in [0.25, 0.3) is 0 Å². The number of benzene rings is 1. The van der Waals surface area contributed by atoms with Crippen molar-refractivity contribution in [3.05, 3.63) is 29.8 Å². The molecule has 0 radical (unpaired) electrons. The van der Waals surface area contributed by atoms with Crippen molar-refractivity contribution in [2.75, 3.05) is 25.0 Å². The van der Waals surface area contributed by atoms with Crippen molar-refractivity contribution in [2.24, 2.45) is 5.92 Å². The van der Waals surface area contributed by atoms with Gasteiger partial charge in [-0.25, -0.2) is 0 Å². The molecule has 0 unspecified atom stereocenters. The van der Waals surface area contributed by atoms with Crippen LogP contribution in [0.3, 0.4) is 0 Å². The molecule has 0 aromatic heterocycles. The van der Waals surface area contributed by atoms with Gasteiger partial charge in [0.05, 0.1) is 17.8 Å². The molecule has 0 atom stereocenters. The van der Waals surface area contributed by atoms with E-state index in [1.165, 1.54) is 6.42 Å². The Hall–Kier alpha value is -1.88. The number of nitrogens with zero attached hydrogens (tertiary/aromatic N) is 1. The Balaban J connectivity index is 2.72. The van der Waals surface area contributed by atoms with Gasteiger partial charge in [0.1, 0.15) is 0 Å². The highest BCUT2D eigenvalue weighted by atomic mass is 16.2. The van der Waals surface area contributed by atoms with Crippen LogP contribution in [-0.2, 0) is 4.79 Å². The van der Waals surface area contributed by atoms with E-state index < -0.39 is 0 Å². The SMILES string of the molecule is CCCCCN(CC(=O)Nc1ccccc1C(=O)NCC(C)C)C(C)C. The normalized spacial score (nSPS) is 11.2. The number of nitrogens with one attached hydrogen (secondary N) is 2. The largest absolute Gasteiger partial charge is 0.352 e. The summed E-state index contributed by atoms with van der Waals surface area (Å²) in [5, 5.41) is 5.82. The number of para-hydroxylation sites is 1. The predicted octanol–water partition coefficient (Wildman–Crippen LogP) is 3.91. The summed E-state index contributed by atoms with van der Waals surface area (Å²) < 4.78 is 0. The summed E-state index contributed by atoms with van der Waals surface area (Å²) in [6, 6.07) is 7.47. The molecule has 1 aromatic carbocycles. The van der Waals surface area contributed by atoms with Crippen molar-refractivity contribution in [3.8, 4) is 0 Å². The number of carbonyl (C=O) groups is 2. The van der Waals surface area contributed by atoms with Gasteiger partial charge < -0.3 is 10.6 Å². The van der Waals surface area contributed by atoms with Crippen molar-refractivity contribution in [2.45, 2.75) is 59.9 Å². The van der Waals surface area contributed by atoms with Gasteiger partial charge in [0, 0.05) is 12.6 Å². The molecule has 0 aliphatic heterocycles. The number of unbranched alkanes of at least 4 members (excludes halogenated alkanes) is 2. The summed E-state index contributed by atoms with van der Waals surface area (Å²) in [6.45, 7) is 12.3. The van der Waals surface area contributed by atoms with Gasteiger partial charge in [-0.2, -0.15) is 0 Å². The molecular weight excluding hydrogens is 326 g/mol. The maximum absolute atomic E-state index is 12.5. The first-order valence-corrected chi connectivity index (χ1v) is 9.76. The Morgan fingerprint density at radius 1 is 1.08 bits per heavy atom. The highest BCUT2D eigenvalue weighted by Gasteiger charge is 2.17. The molecule has 2 amide bonds. The Morgan fingerprint density at radius 2 is 1.77 bits per heavy atom. The number of anilines is 1. The number of hydrogen-bond donors (Lipinski definition) is 2. The zero-order valence-electron chi connectivity index (χ0n) is 17.0. The van der Waals surface area contributed by atoms with Crippen molar-refractivity contribution in [1.29, 1.82) is 0 Å². The highest BCUT2D eigenvalue weighted by Crippen LogP contribution is 2.15. The van der Waals surface area contributed by atoms with Crippen LogP contribution >= 0.6 is 0 Å². The van der Waals surface area contributed by atoms with Crippen LogP contribution in [0.2, 0.25) is 0 Å². The first kappa shape index (κ1) is 22.2. The van der Waals surface area contributed by atoms with Gasteiger partial charge in [-0.1, -0.05) is 45.7 Å². The molecule has 0 aliphatic carbocycles. The topological polar surface area (TPSA) is 61.4 Å². The van der Waals surface area contributed by atoms with Crippen LogP contribution in [0.5, 0.6) is 0 Å². The molecule has 5 nitrogen and oxygen atoms in total. The second-order valence-electron chi connectivity index (χ2n) is 7.47. The van der Waals surface area contributed by atoms with E-state index in [1.807, 2.05) is 26.0 Å². The van der Waals surface area contributed by atoms with E-state index in [1.54, 1.807) is 12.1 Å². The van der Waals surface area contributed by atoms with Crippen molar-refractivity contribution in [1.82, 2.24) is 10.2 Å². The second kappa shape index (κ2) is 11.7. The minimum absolute atomic E-state index is 0.0840. The van der Waals surface area contributed by atoms with Crippen molar-refractivity contribution >= 4 is 17.5 Å².